The van der Waals surface area contributed by atoms with E-state index < -0.39 is 0 Å². The van der Waals surface area contributed by atoms with Crippen molar-refractivity contribution < 1.29 is 23.7 Å². The standard InChI is InChI=1S/C26H26N6O5/c1-34-21-13-19(14-22(35-2)24(21)36-3)31-26-28-16-27-25(32-26)30-18-9-11-20(12-10-18)37-15-23(33)29-17-7-5-4-6-8-17/h4-14,16H,15H2,1-3H3,(H,29,33)(H2,27,28,30,31,32). The van der Waals surface area contributed by atoms with Crippen molar-refractivity contribution in [2.75, 3.05) is 43.9 Å². The van der Waals surface area contributed by atoms with Crippen LogP contribution in [0, 0.1) is 0 Å². The summed E-state index contributed by atoms with van der Waals surface area (Å²) in [6, 6.07) is 19.8. The molecule has 0 aliphatic rings. The van der Waals surface area contributed by atoms with Crippen LogP contribution in [-0.4, -0.2) is 48.8 Å². The number of benzene rings is 3. The van der Waals surface area contributed by atoms with E-state index in [1.165, 1.54) is 6.33 Å². The van der Waals surface area contributed by atoms with Gasteiger partial charge in [-0.15, -0.1) is 0 Å². The summed E-state index contributed by atoms with van der Waals surface area (Å²) >= 11 is 0. The molecule has 1 aromatic heterocycles. The molecule has 3 aromatic carbocycles. The average Bonchev–Trinajstić information content (AvgIpc) is 2.93. The van der Waals surface area contributed by atoms with Gasteiger partial charge in [0.05, 0.1) is 21.3 Å². The van der Waals surface area contributed by atoms with Gasteiger partial charge in [0.25, 0.3) is 5.91 Å². The Bertz CT molecular complexity index is 1310. The van der Waals surface area contributed by atoms with E-state index in [0.717, 1.165) is 5.69 Å². The average molecular weight is 503 g/mol. The molecule has 0 bridgehead atoms. The van der Waals surface area contributed by atoms with E-state index in [1.807, 2.05) is 30.3 Å². The van der Waals surface area contributed by atoms with Crippen molar-refractivity contribution in [3.05, 3.63) is 73.1 Å². The van der Waals surface area contributed by atoms with Gasteiger partial charge in [0, 0.05) is 29.2 Å². The van der Waals surface area contributed by atoms with Crippen molar-refractivity contribution in [2.45, 2.75) is 0 Å². The third-order valence-electron chi connectivity index (χ3n) is 5.03. The number of methoxy groups -OCH3 is 3. The van der Waals surface area contributed by atoms with E-state index in [2.05, 4.69) is 30.9 Å². The maximum atomic E-state index is 12.1. The number of amides is 1. The molecular weight excluding hydrogens is 476 g/mol. The van der Waals surface area contributed by atoms with Crippen molar-refractivity contribution in [1.29, 1.82) is 0 Å². The van der Waals surface area contributed by atoms with Gasteiger partial charge in [-0.25, -0.2) is 9.97 Å². The summed E-state index contributed by atoms with van der Waals surface area (Å²) in [4.78, 5) is 24.8. The van der Waals surface area contributed by atoms with Crippen LogP contribution in [0.4, 0.5) is 29.0 Å². The fraction of sp³-hybridized carbons (Fsp3) is 0.154. The van der Waals surface area contributed by atoms with Crippen LogP contribution in [0.5, 0.6) is 23.0 Å². The van der Waals surface area contributed by atoms with Gasteiger partial charge in [-0.1, -0.05) is 18.2 Å². The number of aromatic nitrogens is 3. The molecule has 0 fully saturated rings. The lowest BCUT2D eigenvalue weighted by atomic mass is 10.2. The lowest BCUT2D eigenvalue weighted by Gasteiger charge is -2.14. The molecule has 0 saturated carbocycles. The molecule has 0 aliphatic heterocycles. The zero-order chi connectivity index (χ0) is 26.0. The molecule has 4 rings (SSSR count). The summed E-state index contributed by atoms with van der Waals surface area (Å²) in [5, 5.41) is 8.99. The molecule has 0 saturated heterocycles. The van der Waals surface area contributed by atoms with Crippen molar-refractivity contribution in [1.82, 2.24) is 15.0 Å². The summed E-state index contributed by atoms with van der Waals surface area (Å²) in [5.74, 6) is 2.43. The minimum atomic E-state index is -0.245. The van der Waals surface area contributed by atoms with Gasteiger partial charge in [-0.2, -0.15) is 4.98 Å². The van der Waals surface area contributed by atoms with E-state index >= 15 is 0 Å². The molecule has 1 heterocycles. The highest BCUT2D eigenvalue weighted by molar-refractivity contribution is 5.91. The monoisotopic (exact) mass is 502 g/mol. The van der Waals surface area contributed by atoms with Crippen molar-refractivity contribution in [3.8, 4) is 23.0 Å². The Morgan fingerprint density at radius 3 is 1.97 bits per heavy atom. The molecule has 11 heteroatoms. The van der Waals surface area contributed by atoms with Gasteiger partial charge in [-0.3, -0.25) is 4.79 Å². The van der Waals surface area contributed by atoms with Gasteiger partial charge in [0.1, 0.15) is 12.1 Å². The van der Waals surface area contributed by atoms with E-state index in [4.69, 9.17) is 18.9 Å². The maximum absolute atomic E-state index is 12.1. The summed E-state index contributed by atoms with van der Waals surface area (Å²) in [5.41, 5.74) is 2.09. The molecule has 11 nitrogen and oxygen atoms in total. The van der Waals surface area contributed by atoms with E-state index in [1.54, 1.807) is 57.7 Å². The van der Waals surface area contributed by atoms with E-state index in [0.29, 0.717) is 46.3 Å². The largest absolute Gasteiger partial charge is 0.493 e. The highest BCUT2D eigenvalue weighted by Gasteiger charge is 2.14. The molecule has 0 spiro atoms. The number of hydrogen-bond donors (Lipinski definition) is 3. The first-order valence-electron chi connectivity index (χ1n) is 11.2. The highest BCUT2D eigenvalue weighted by atomic mass is 16.5. The summed E-state index contributed by atoms with van der Waals surface area (Å²) < 4.78 is 21.7. The number of para-hydroxylation sites is 1. The molecule has 3 N–H and O–H groups in total. The minimum absolute atomic E-state index is 0.106. The molecule has 190 valence electrons. The lowest BCUT2D eigenvalue weighted by Crippen LogP contribution is -2.20. The Morgan fingerprint density at radius 2 is 1.38 bits per heavy atom. The van der Waals surface area contributed by atoms with E-state index in [-0.39, 0.29) is 12.5 Å². The van der Waals surface area contributed by atoms with Crippen LogP contribution in [0.15, 0.2) is 73.1 Å². The number of carbonyl (C=O) groups excluding carboxylic acids is 1. The first kappa shape index (κ1) is 25.0. The Kier molecular flexibility index (Phi) is 8.17. The zero-order valence-corrected chi connectivity index (χ0v) is 20.5. The van der Waals surface area contributed by atoms with Crippen molar-refractivity contribution >= 4 is 34.9 Å². The fourth-order valence-corrected chi connectivity index (χ4v) is 3.33. The Hall–Kier alpha value is -5.06. The second-order valence-electron chi connectivity index (χ2n) is 7.52. The van der Waals surface area contributed by atoms with Gasteiger partial charge in [0.15, 0.2) is 18.1 Å². The molecule has 0 radical (unpaired) electrons. The number of ether oxygens (including phenoxy) is 4. The molecule has 1 amide bonds. The Balaban J connectivity index is 1.36. The third-order valence-corrected chi connectivity index (χ3v) is 5.03. The Labute approximate surface area is 213 Å². The number of anilines is 5. The van der Waals surface area contributed by atoms with Gasteiger partial charge >= 0.3 is 0 Å². The summed E-state index contributed by atoms with van der Waals surface area (Å²) in [7, 11) is 4.63. The molecule has 0 unspecified atom stereocenters. The second-order valence-corrected chi connectivity index (χ2v) is 7.52. The number of nitrogens with one attached hydrogen (secondary N) is 3. The first-order valence-corrected chi connectivity index (χ1v) is 11.2. The summed E-state index contributed by atoms with van der Waals surface area (Å²) in [6.45, 7) is -0.106. The smallest absolute Gasteiger partial charge is 0.262 e. The van der Waals surface area contributed by atoms with Crippen molar-refractivity contribution in [2.24, 2.45) is 0 Å². The normalized spacial score (nSPS) is 10.2. The third kappa shape index (κ3) is 6.75. The van der Waals surface area contributed by atoms with Crippen LogP contribution in [0.25, 0.3) is 0 Å². The molecule has 4 aromatic rings. The van der Waals surface area contributed by atoms with Crippen LogP contribution >= 0.6 is 0 Å². The SMILES string of the molecule is COc1cc(Nc2ncnc(Nc3ccc(OCC(=O)Nc4ccccc4)cc3)n2)cc(OC)c1OC. The minimum Gasteiger partial charge on any atom is -0.493 e. The van der Waals surface area contributed by atoms with E-state index in [9.17, 15) is 4.79 Å². The molecule has 0 aliphatic carbocycles. The number of carbonyl (C=O) groups is 1. The van der Waals surface area contributed by atoms with Crippen LogP contribution < -0.4 is 34.9 Å². The first-order chi connectivity index (χ1) is 18.1. The number of hydrogen-bond acceptors (Lipinski definition) is 10. The number of rotatable bonds is 11. The predicted octanol–water partition coefficient (Wildman–Crippen LogP) is 4.40. The summed E-state index contributed by atoms with van der Waals surface area (Å²) in [6.07, 6.45) is 1.39. The zero-order valence-electron chi connectivity index (χ0n) is 20.5. The number of nitrogens with zero attached hydrogens (tertiary/aromatic N) is 3. The molecule has 37 heavy (non-hydrogen) atoms. The van der Waals surface area contributed by atoms with Gasteiger partial charge in [0.2, 0.25) is 17.6 Å². The topological polar surface area (TPSA) is 129 Å². The van der Waals surface area contributed by atoms with Crippen molar-refractivity contribution in [3.63, 3.8) is 0 Å². The van der Waals surface area contributed by atoms with Gasteiger partial charge < -0.3 is 34.9 Å². The maximum Gasteiger partial charge on any atom is 0.262 e. The predicted molar refractivity (Wildman–Crippen MR) is 139 cm³/mol. The molecular formula is C26H26N6O5. The highest BCUT2D eigenvalue weighted by Crippen LogP contribution is 2.40. The fourth-order valence-electron chi connectivity index (χ4n) is 3.33. The van der Waals surface area contributed by atoms with Crippen LogP contribution in [-0.2, 0) is 4.79 Å². The quantitative estimate of drug-likeness (QED) is 0.271. The lowest BCUT2D eigenvalue weighted by molar-refractivity contribution is -0.118. The molecule has 0 atom stereocenters. The van der Waals surface area contributed by atoms with Crippen LogP contribution in [0.2, 0.25) is 0 Å². The Morgan fingerprint density at radius 1 is 0.757 bits per heavy atom. The van der Waals surface area contributed by atoms with Gasteiger partial charge in [-0.05, 0) is 36.4 Å². The second kappa shape index (κ2) is 12.1. The van der Waals surface area contributed by atoms with Crippen LogP contribution in [0.3, 0.4) is 0 Å². The van der Waals surface area contributed by atoms with Crippen LogP contribution in [0.1, 0.15) is 0 Å².